The van der Waals surface area contributed by atoms with E-state index in [0.717, 1.165) is 11.9 Å². The largest absolute Gasteiger partial charge is 0.396 e. The van der Waals surface area contributed by atoms with Crippen LogP contribution < -0.4 is 5.32 Å². The quantitative estimate of drug-likeness (QED) is 0.851. The van der Waals surface area contributed by atoms with Crippen LogP contribution in [0.25, 0.3) is 10.2 Å². The molecule has 0 bridgehead atoms. The lowest BCUT2D eigenvalue weighted by molar-refractivity contribution is 0.237. The summed E-state index contributed by atoms with van der Waals surface area (Å²) in [4.78, 5) is 4.48. The Morgan fingerprint density at radius 2 is 2.16 bits per heavy atom. The number of hydrogen-bond acceptors (Lipinski definition) is 4. The van der Waals surface area contributed by atoms with Gasteiger partial charge in [0.25, 0.3) is 0 Å². The number of aromatic nitrogens is 1. The number of aliphatic hydroxyl groups is 1. The highest BCUT2D eigenvalue weighted by atomic mass is 32.1. The molecule has 0 radical (unpaired) electrons. The normalized spacial score (nSPS) is 15.0. The second-order valence-electron chi connectivity index (χ2n) is 5.32. The molecule has 2 unspecified atom stereocenters. The molecule has 2 rings (SSSR count). The Balaban J connectivity index is 2.11. The molecule has 2 N–H and O–H groups in total. The van der Waals surface area contributed by atoms with Crippen molar-refractivity contribution in [2.24, 2.45) is 5.92 Å². The highest BCUT2D eigenvalue weighted by Gasteiger charge is 2.16. The summed E-state index contributed by atoms with van der Waals surface area (Å²) < 4.78 is 1.23. The fourth-order valence-corrected chi connectivity index (χ4v) is 3.05. The number of rotatable bonds is 6. The molecule has 0 aliphatic carbocycles. The van der Waals surface area contributed by atoms with Gasteiger partial charge in [0.05, 0.1) is 10.2 Å². The Morgan fingerprint density at radius 3 is 2.84 bits per heavy atom. The predicted octanol–water partition coefficient (Wildman–Crippen LogP) is 3.35. The van der Waals surface area contributed by atoms with Gasteiger partial charge in [-0.2, -0.15) is 0 Å². The van der Waals surface area contributed by atoms with Crippen molar-refractivity contribution in [2.45, 2.75) is 39.3 Å². The maximum absolute atomic E-state index is 9.13. The molecule has 2 aromatic heterocycles. The molecule has 104 valence electrons. The maximum Gasteiger partial charge on any atom is 0.0809 e. The average Bonchev–Trinajstić information content (AvgIpc) is 2.85. The van der Waals surface area contributed by atoms with E-state index in [1.54, 1.807) is 11.3 Å². The molecule has 3 nitrogen and oxygen atoms in total. The van der Waals surface area contributed by atoms with E-state index in [1.165, 1.54) is 10.3 Å². The van der Waals surface area contributed by atoms with E-state index in [1.807, 2.05) is 12.3 Å². The molecule has 0 spiro atoms. The monoisotopic (exact) mass is 278 g/mol. The van der Waals surface area contributed by atoms with Crippen LogP contribution in [0.1, 0.15) is 38.8 Å². The first-order valence-corrected chi connectivity index (χ1v) is 7.70. The first-order valence-electron chi connectivity index (χ1n) is 6.82. The zero-order valence-electron chi connectivity index (χ0n) is 11.8. The molecule has 2 heterocycles. The van der Waals surface area contributed by atoms with Gasteiger partial charge in [-0.1, -0.05) is 13.8 Å². The van der Waals surface area contributed by atoms with Gasteiger partial charge < -0.3 is 10.4 Å². The lowest BCUT2D eigenvalue weighted by Crippen LogP contribution is -2.36. The SMILES string of the molecule is CC(NC(CCO)C(C)C)c1cnc2ccsc2c1. The van der Waals surface area contributed by atoms with Gasteiger partial charge in [-0.05, 0) is 42.3 Å². The molecule has 4 heteroatoms. The van der Waals surface area contributed by atoms with Crippen LogP contribution in [0.5, 0.6) is 0 Å². The summed E-state index contributed by atoms with van der Waals surface area (Å²) in [5.74, 6) is 0.507. The molecule has 2 atom stereocenters. The molecule has 0 amide bonds. The number of fused-ring (bicyclic) bond motifs is 1. The zero-order chi connectivity index (χ0) is 13.8. The Bertz CT molecular complexity index is 524. The number of nitrogens with one attached hydrogen (secondary N) is 1. The number of pyridine rings is 1. The molecule has 0 saturated heterocycles. The highest BCUT2D eigenvalue weighted by Crippen LogP contribution is 2.23. The minimum absolute atomic E-state index is 0.227. The molecule has 0 aromatic carbocycles. The summed E-state index contributed by atoms with van der Waals surface area (Å²) in [7, 11) is 0. The smallest absolute Gasteiger partial charge is 0.0809 e. The zero-order valence-corrected chi connectivity index (χ0v) is 12.6. The summed E-state index contributed by atoms with van der Waals surface area (Å²) in [6, 6.07) is 4.84. The minimum atomic E-state index is 0.227. The third-order valence-electron chi connectivity index (χ3n) is 3.53. The fourth-order valence-electron chi connectivity index (χ4n) is 2.26. The fraction of sp³-hybridized carbons (Fsp3) is 0.533. The first-order chi connectivity index (χ1) is 9.11. The minimum Gasteiger partial charge on any atom is -0.396 e. The maximum atomic E-state index is 9.13. The summed E-state index contributed by atoms with van der Waals surface area (Å²) in [6.45, 7) is 6.75. The molecule has 19 heavy (non-hydrogen) atoms. The van der Waals surface area contributed by atoms with E-state index in [0.29, 0.717) is 12.0 Å². The van der Waals surface area contributed by atoms with Gasteiger partial charge in [-0.25, -0.2) is 0 Å². The van der Waals surface area contributed by atoms with Crippen molar-refractivity contribution in [1.82, 2.24) is 10.3 Å². The van der Waals surface area contributed by atoms with E-state index in [-0.39, 0.29) is 12.6 Å². The van der Waals surface area contributed by atoms with Gasteiger partial charge >= 0.3 is 0 Å². The molecule has 0 aliphatic heterocycles. The van der Waals surface area contributed by atoms with Crippen LogP contribution in [0.3, 0.4) is 0 Å². The standard InChI is InChI=1S/C15H22N2OS/c1-10(2)13(4-6-18)17-11(3)12-8-15-14(16-9-12)5-7-19-15/h5,7-11,13,17-18H,4,6H2,1-3H3. The molecule has 0 fully saturated rings. The number of nitrogens with zero attached hydrogens (tertiary/aromatic N) is 1. The highest BCUT2D eigenvalue weighted by molar-refractivity contribution is 7.17. The van der Waals surface area contributed by atoms with Crippen LogP contribution in [0, 0.1) is 5.92 Å². The topological polar surface area (TPSA) is 45.1 Å². The number of aliphatic hydroxyl groups excluding tert-OH is 1. The van der Waals surface area contributed by atoms with Crippen molar-refractivity contribution in [1.29, 1.82) is 0 Å². The van der Waals surface area contributed by atoms with E-state index >= 15 is 0 Å². The Labute approximate surface area is 118 Å². The Kier molecular flexibility index (Phi) is 4.91. The van der Waals surface area contributed by atoms with Crippen LogP contribution in [0.4, 0.5) is 0 Å². The van der Waals surface area contributed by atoms with Crippen LogP contribution in [0.2, 0.25) is 0 Å². The van der Waals surface area contributed by atoms with Gasteiger partial charge in [-0.15, -0.1) is 11.3 Å². The van der Waals surface area contributed by atoms with E-state index in [9.17, 15) is 0 Å². The Hall–Kier alpha value is -0.970. The van der Waals surface area contributed by atoms with Gasteiger partial charge in [0.1, 0.15) is 0 Å². The third kappa shape index (κ3) is 3.53. The van der Waals surface area contributed by atoms with Crippen molar-refractivity contribution < 1.29 is 5.11 Å². The second-order valence-corrected chi connectivity index (χ2v) is 6.27. The molecular weight excluding hydrogens is 256 g/mol. The summed E-state index contributed by atoms with van der Waals surface area (Å²) >= 11 is 1.72. The van der Waals surface area contributed by atoms with Gasteiger partial charge in [-0.3, -0.25) is 4.98 Å². The second kappa shape index (κ2) is 6.46. The summed E-state index contributed by atoms with van der Waals surface area (Å²) in [5, 5.41) is 14.8. The van der Waals surface area contributed by atoms with Crippen LogP contribution in [-0.2, 0) is 0 Å². The van der Waals surface area contributed by atoms with Crippen LogP contribution in [0.15, 0.2) is 23.7 Å². The first kappa shape index (κ1) is 14.4. The Morgan fingerprint density at radius 1 is 1.37 bits per heavy atom. The van der Waals surface area contributed by atoms with E-state index in [2.05, 4.69) is 42.5 Å². The van der Waals surface area contributed by atoms with Crippen molar-refractivity contribution in [3.8, 4) is 0 Å². The van der Waals surface area contributed by atoms with Crippen LogP contribution in [-0.4, -0.2) is 22.7 Å². The lowest BCUT2D eigenvalue weighted by atomic mass is 9.99. The molecular formula is C15H22N2OS. The van der Waals surface area contributed by atoms with Gasteiger partial charge in [0.2, 0.25) is 0 Å². The van der Waals surface area contributed by atoms with E-state index in [4.69, 9.17) is 5.11 Å². The summed E-state index contributed by atoms with van der Waals surface area (Å²) in [6.07, 6.45) is 2.74. The molecule has 0 saturated carbocycles. The van der Waals surface area contributed by atoms with Crippen LogP contribution >= 0.6 is 11.3 Å². The number of thiophene rings is 1. The lowest BCUT2D eigenvalue weighted by Gasteiger charge is -2.26. The van der Waals surface area contributed by atoms with Gasteiger partial charge in [0, 0.05) is 24.9 Å². The molecule has 2 aromatic rings. The van der Waals surface area contributed by atoms with Crippen molar-refractivity contribution >= 4 is 21.6 Å². The van der Waals surface area contributed by atoms with E-state index < -0.39 is 0 Å². The summed E-state index contributed by atoms with van der Waals surface area (Å²) in [5.41, 5.74) is 2.27. The van der Waals surface area contributed by atoms with Crippen molar-refractivity contribution in [3.63, 3.8) is 0 Å². The van der Waals surface area contributed by atoms with Gasteiger partial charge in [0.15, 0.2) is 0 Å². The predicted molar refractivity (Wildman–Crippen MR) is 81.5 cm³/mol. The molecule has 0 aliphatic rings. The third-order valence-corrected chi connectivity index (χ3v) is 4.39. The van der Waals surface area contributed by atoms with Crippen molar-refractivity contribution in [3.05, 3.63) is 29.3 Å². The average molecular weight is 278 g/mol. The van der Waals surface area contributed by atoms with Crippen molar-refractivity contribution in [2.75, 3.05) is 6.61 Å². The number of hydrogen-bond donors (Lipinski definition) is 2.